The molecule has 94 valence electrons. The number of rotatable bonds is 5. The molecular weight excluding hydrogens is 312 g/mol. The number of ether oxygens (including phenoxy) is 1. The maximum Gasteiger partial charge on any atom is 0.151 e. The van der Waals surface area contributed by atoms with E-state index in [-0.39, 0.29) is 0 Å². The van der Waals surface area contributed by atoms with Gasteiger partial charge in [0.2, 0.25) is 0 Å². The van der Waals surface area contributed by atoms with E-state index >= 15 is 0 Å². The third-order valence-corrected chi connectivity index (χ3v) is 4.47. The lowest BCUT2D eigenvalue weighted by atomic mass is 10.2. The van der Waals surface area contributed by atoms with Crippen LogP contribution in [0.2, 0.25) is 0 Å². The molecule has 0 unspecified atom stereocenters. The minimum absolute atomic E-state index is 0.546. The fourth-order valence-electron chi connectivity index (χ4n) is 1.55. The van der Waals surface area contributed by atoms with Gasteiger partial charge in [-0.3, -0.25) is 4.79 Å². The SMILES string of the molecule is CCc1ccc(COc2ccc(Br)c(C=O)c2)s1. The highest BCUT2D eigenvalue weighted by Gasteiger charge is 2.03. The Balaban J connectivity index is 2.03. The van der Waals surface area contributed by atoms with Crippen LogP contribution in [0.5, 0.6) is 5.75 Å². The summed E-state index contributed by atoms with van der Waals surface area (Å²) in [7, 11) is 0. The molecule has 0 N–H and O–H groups in total. The van der Waals surface area contributed by atoms with Crippen LogP contribution in [0.3, 0.4) is 0 Å². The van der Waals surface area contributed by atoms with Gasteiger partial charge in [-0.25, -0.2) is 0 Å². The molecule has 2 aromatic rings. The van der Waals surface area contributed by atoms with Gasteiger partial charge in [0.15, 0.2) is 6.29 Å². The maximum atomic E-state index is 10.8. The number of thiophene rings is 1. The molecule has 0 saturated carbocycles. The average molecular weight is 325 g/mol. The molecule has 1 aromatic carbocycles. The van der Waals surface area contributed by atoms with Gasteiger partial charge in [0.25, 0.3) is 0 Å². The zero-order valence-electron chi connectivity index (χ0n) is 9.98. The predicted octanol–water partition coefficient (Wildman–Crippen LogP) is 4.46. The van der Waals surface area contributed by atoms with E-state index in [0.29, 0.717) is 17.9 Å². The van der Waals surface area contributed by atoms with Crippen LogP contribution in [-0.2, 0) is 13.0 Å². The minimum Gasteiger partial charge on any atom is -0.488 e. The summed E-state index contributed by atoms with van der Waals surface area (Å²) in [5.74, 6) is 0.715. The Morgan fingerprint density at radius 3 is 2.72 bits per heavy atom. The number of halogens is 1. The van der Waals surface area contributed by atoms with E-state index in [1.165, 1.54) is 9.75 Å². The second-order valence-corrected chi connectivity index (χ2v) is 5.92. The van der Waals surface area contributed by atoms with Gasteiger partial charge in [-0.2, -0.15) is 0 Å². The number of carbonyl (C=O) groups is 1. The van der Waals surface area contributed by atoms with E-state index in [0.717, 1.165) is 17.2 Å². The van der Waals surface area contributed by atoms with Crippen molar-refractivity contribution < 1.29 is 9.53 Å². The van der Waals surface area contributed by atoms with Gasteiger partial charge in [-0.1, -0.05) is 22.9 Å². The number of carbonyl (C=O) groups excluding carboxylic acids is 1. The number of aldehydes is 1. The summed E-state index contributed by atoms with van der Waals surface area (Å²) >= 11 is 5.08. The van der Waals surface area contributed by atoms with Crippen molar-refractivity contribution in [2.24, 2.45) is 0 Å². The molecule has 0 amide bonds. The molecule has 0 bridgehead atoms. The second-order valence-electron chi connectivity index (χ2n) is 3.81. The van der Waals surface area contributed by atoms with Crippen molar-refractivity contribution in [3.63, 3.8) is 0 Å². The van der Waals surface area contributed by atoms with Gasteiger partial charge < -0.3 is 4.74 Å². The van der Waals surface area contributed by atoms with Crippen molar-refractivity contribution in [2.45, 2.75) is 20.0 Å². The molecule has 0 aliphatic heterocycles. The molecule has 0 fully saturated rings. The summed E-state index contributed by atoms with van der Waals surface area (Å²) in [5, 5.41) is 0. The van der Waals surface area contributed by atoms with Crippen LogP contribution in [0, 0.1) is 0 Å². The van der Waals surface area contributed by atoms with E-state index in [2.05, 4.69) is 35.0 Å². The molecular formula is C14H13BrO2S. The van der Waals surface area contributed by atoms with Crippen LogP contribution in [0.25, 0.3) is 0 Å². The second kappa shape index (κ2) is 6.16. The molecule has 2 nitrogen and oxygen atoms in total. The molecule has 0 atom stereocenters. The number of hydrogen-bond donors (Lipinski definition) is 0. The predicted molar refractivity (Wildman–Crippen MR) is 77.6 cm³/mol. The van der Waals surface area contributed by atoms with Crippen LogP contribution in [0.1, 0.15) is 27.0 Å². The van der Waals surface area contributed by atoms with E-state index in [1.807, 2.05) is 12.1 Å². The van der Waals surface area contributed by atoms with Gasteiger partial charge in [0.05, 0.1) is 0 Å². The van der Waals surface area contributed by atoms with Crippen LogP contribution >= 0.6 is 27.3 Å². The topological polar surface area (TPSA) is 26.3 Å². The zero-order valence-corrected chi connectivity index (χ0v) is 12.4. The largest absolute Gasteiger partial charge is 0.488 e. The van der Waals surface area contributed by atoms with Gasteiger partial charge >= 0.3 is 0 Å². The number of aryl methyl sites for hydroxylation is 1. The van der Waals surface area contributed by atoms with Crippen LogP contribution in [0.4, 0.5) is 0 Å². The van der Waals surface area contributed by atoms with Crippen molar-refractivity contribution >= 4 is 33.6 Å². The third kappa shape index (κ3) is 3.21. The van der Waals surface area contributed by atoms with Crippen molar-refractivity contribution in [2.75, 3.05) is 0 Å². The fourth-order valence-corrected chi connectivity index (χ4v) is 2.76. The quantitative estimate of drug-likeness (QED) is 0.759. The molecule has 0 saturated heterocycles. The normalized spacial score (nSPS) is 10.3. The Morgan fingerprint density at radius 2 is 2.06 bits per heavy atom. The zero-order chi connectivity index (χ0) is 13.0. The minimum atomic E-state index is 0.546. The first kappa shape index (κ1) is 13.3. The van der Waals surface area contributed by atoms with Crippen molar-refractivity contribution in [3.8, 4) is 5.75 Å². The van der Waals surface area contributed by atoms with Gasteiger partial charge in [0, 0.05) is 19.8 Å². The van der Waals surface area contributed by atoms with E-state index in [9.17, 15) is 4.79 Å². The highest BCUT2D eigenvalue weighted by Crippen LogP contribution is 2.23. The smallest absolute Gasteiger partial charge is 0.151 e. The Morgan fingerprint density at radius 1 is 1.28 bits per heavy atom. The molecule has 4 heteroatoms. The number of hydrogen-bond acceptors (Lipinski definition) is 3. The highest BCUT2D eigenvalue weighted by atomic mass is 79.9. The third-order valence-electron chi connectivity index (χ3n) is 2.54. The molecule has 0 spiro atoms. The van der Waals surface area contributed by atoms with Crippen molar-refractivity contribution in [1.82, 2.24) is 0 Å². The first-order chi connectivity index (χ1) is 8.72. The first-order valence-corrected chi connectivity index (χ1v) is 7.29. The summed E-state index contributed by atoms with van der Waals surface area (Å²) in [4.78, 5) is 13.4. The van der Waals surface area contributed by atoms with Crippen LogP contribution in [-0.4, -0.2) is 6.29 Å². The lowest BCUT2D eigenvalue weighted by Crippen LogP contribution is -1.94. The van der Waals surface area contributed by atoms with Gasteiger partial charge in [-0.05, 0) is 36.8 Å². The fraction of sp³-hybridized carbons (Fsp3) is 0.214. The molecule has 1 aromatic heterocycles. The van der Waals surface area contributed by atoms with Crippen molar-refractivity contribution in [1.29, 1.82) is 0 Å². The lowest BCUT2D eigenvalue weighted by molar-refractivity contribution is 0.112. The average Bonchev–Trinajstić information content (AvgIpc) is 2.86. The Labute approximate surface area is 119 Å². The monoisotopic (exact) mass is 324 g/mol. The Bertz CT molecular complexity index is 548. The maximum absolute atomic E-state index is 10.8. The molecule has 0 aliphatic rings. The van der Waals surface area contributed by atoms with Crippen LogP contribution < -0.4 is 4.74 Å². The molecule has 18 heavy (non-hydrogen) atoms. The van der Waals surface area contributed by atoms with Crippen LogP contribution in [0.15, 0.2) is 34.8 Å². The highest BCUT2D eigenvalue weighted by molar-refractivity contribution is 9.10. The standard InChI is InChI=1S/C14H13BrO2S/c1-2-12-4-5-13(18-12)9-17-11-3-6-14(15)10(7-11)8-16/h3-8H,2,9H2,1H3. The summed E-state index contributed by atoms with van der Waals surface area (Å²) in [6.45, 7) is 2.69. The lowest BCUT2D eigenvalue weighted by Gasteiger charge is -2.06. The van der Waals surface area contributed by atoms with Gasteiger partial charge in [-0.15, -0.1) is 11.3 Å². The Hall–Kier alpha value is -1.13. The summed E-state index contributed by atoms with van der Waals surface area (Å²) in [6.07, 6.45) is 1.87. The first-order valence-electron chi connectivity index (χ1n) is 5.68. The molecule has 1 heterocycles. The van der Waals surface area contributed by atoms with E-state index < -0.39 is 0 Å². The molecule has 0 radical (unpaired) electrons. The van der Waals surface area contributed by atoms with Crippen molar-refractivity contribution in [3.05, 3.63) is 50.1 Å². The number of benzene rings is 1. The van der Waals surface area contributed by atoms with Gasteiger partial charge in [0.1, 0.15) is 12.4 Å². The molecule has 0 aliphatic carbocycles. The van der Waals surface area contributed by atoms with E-state index in [4.69, 9.17) is 4.74 Å². The summed E-state index contributed by atoms with van der Waals surface area (Å²) in [6, 6.07) is 9.63. The summed E-state index contributed by atoms with van der Waals surface area (Å²) < 4.78 is 6.46. The van der Waals surface area contributed by atoms with E-state index in [1.54, 1.807) is 17.4 Å². The molecule has 2 rings (SSSR count). The summed E-state index contributed by atoms with van der Waals surface area (Å²) in [5.41, 5.74) is 0.605. The Kier molecular flexibility index (Phi) is 4.55.